The van der Waals surface area contributed by atoms with Gasteiger partial charge in [-0.05, 0) is 31.0 Å². The summed E-state index contributed by atoms with van der Waals surface area (Å²) in [5.74, 6) is 0.790. The number of aryl methyl sites for hydroxylation is 2. The molecule has 0 bridgehead atoms. The first-order valence-electron chi connectivity index (χ1n) is 7.20. The van der Waals surface area contributed by atoms with Crippen molar-refractivity contribution in [3.05, 3.63) is 29.3 Å². The second-order valence-corrected chi connectivity index (χ2v) is 5.44. The number of amides is 2. The van der Waals surface area contributed by atoms with Gasteiger partial charge in [-0.1, -0.05) is 12.1 Å². The molecule has 0 unspecified atom stereocenters. The SMILES string of the molecule is CC(=O)N1CCN(C(=O)COc2cc(C)ccc2C)CC1. The highest BCUT2D eigenvalue weighted by atomic mass is 16.5. The smallest absolute Gasteiger partial charge is 0.260 e. The number of benzene rings is 1. The third-order valence-corrected chi connectivity index (χ3v) is 3.77. The summed E-state index contributed by atoms with van der Waals surface area (Å²) in [7, 11) is 0. The summed E-state index contributed by atoms with van der Waals surface area (Å²) < 4.78 is 5.64. The zero-order chi connectivity index (χ0) is 15.4. The van der Waals surface area contributed by atoms with Crippen LogP contribution in [-0.4, -0.2) is 54.4 Å². The van der Waals surface area contributed by atoms with Gasteiger partial charge in [-0.25, -0.2) is 0 Å². The fraction of sp³-hybridized carbons (Fsp3) is 0.500. The number of carbonyl (C=O) groups is 2. The van der Waals surface area contributed by atoms with Crippen LogP contribution in [-0.2, 0) is 9.59 Å². The number of hydrogen-bond donors (Lipinski definition) is 0. The van der Waals surface area contributed by atoms with Crippen LogP contribution in [0.25, 0.3) is 0 Å². The van der Waals surface area contributed by atoms with Crippen molar-refractivity contribution in [3.8, 4) is 5.75 Å². The van der Waals surface area contributed by atoms with Crippen LogP contribution < -0.4 is 4.74 Å². The Morgan fingerprint density at radius 2 is 1.71 bits per heavy atom. The molecular weight excluding hydrogens is 268 g/mol. The molecular formula is C16H22N2O3. The van der Waals surface area contributed by atoms with Crippen LogP contribution in [0.15, 0.2) is 18.2 Å². The molecule has 1 aliphatic heterocycles. The van der Waals surface area contributed by atoms with Crippen molar-refractivity contribution in [1.29, 1.82) is 0 Å². The molecule has 1 aromatic rings. The van der Waals surface area contributed by atoms with E-state index in [-0.39, 0.29) is 18.4 Å². The molecule has 1 fully saturated rings. The average Bonchev–Trinajstić information content (AvgIpc) is 2.48. The van der Waals surface area contributed by atoms with Crippen molar-refractivity contribution in [1.82, 2.24) is 9.80 Å². The molecule has 1 heterocycles. The van der Waals surface area contributed by atoms with Gasteiger partial charge in [0.05, 0.1) is 0 Å². The maximum Gasteiger partial charge on any atom is 0.260 e. The summed E-state index contributed by atoms with van der Waals surface area (Å²) in [5.41, 5.74) is 2.13. The molecule has 1 aromatic carbocycles. The second kappa shape index (κ2) is 6.61. The van der Waals surface area contributed by atoms with Gasteiger partial charge in [0.2, 0.25) is 5.91 Å². The predicted octanol–water partition coefficient (Wildman–Crippen LogP) is 1.37. The van der Waals surface area contributed by atoms with Crippen molar-refractivity contribution in [2.45, 2.75) is 20.8 Å². The molecule has 0 saturated carbocycles. The zero-order valence-corrected chi connectivity index (χ0v) is 12.9. The highest BCUT2D eigenvalue weighted by molar-refractivity contribution is 5.78. The zero-order valence-electron chi connectivity index (χ0n) is 12.9. The Bertz CT molecular complexity index is 534. The molecule has 0 radical (unpaired) electrons. The monoisotopic (exact) mass is 290 g/mol. The molecule has 1 saturated heterocycles. The first-order valence-corrected chi connectivity index (χ1v) is 7.20. The molecule has 0 N–H and O–H groups in total. The van der Waals surface area contributed by atoms with Crippen molar-refractivity contribution >= 4 is 11.8 Å². The lowest BCUT2D eigenvalue weighted by Crippen LogP contribution is -2.51. The van der Waals surface area contributed by atoms with Gasteiger partial charge in [-0.3, -0.25) is 9.59 Å². The standard InChI is InChI=1S/C16H22N2O3/c1-12-4-5-13(2)15(10-12)21-11-16(20)18-8-6-17(7-9-18)14(3)19/h4-5,10H,6-9,11H2,1-3H3. The van der Waals surface area contributed by atoms with Crippen molar-refractivity contribution < 1.29 is 14.3 Å². The molecule has 0 aliphatic carbocycles. The average molecular weight is 290 g/mol. The minimum absolute atomic E-state index is 0.0286. The van der Waals surface area contributed by atoms with Crippen LogP contribution >= 0.6 is 0 Å². The Morgan fingerprint density at radius 3 is 2.33 bits per heavy atom. The molecule has 0 aromatic heterocycles. The minimum atomic E-state index is -0.0286. The van der Waals surface area contributed by atoms with E-state index >= 15 is 0 Å². The Hall–Kier alpha value is -2.04. The van der Waals surface area contributed by atoms with Gasteiger partial charge in [0.15, 0.2) is 6.61 Å². The van der Waals surface area contributed by atoms with Crippen LogP contribution in [0.1, 0.15) is 18.1 Å². The first kappa shape index (κ1) is 15.4. The summed E-state index contributed by atoms with van der Waals surface area (Å²) in [6.07, 6.45) is 0. The van der Waals surface area contributed by atoms with Gasteiger partial charge in [-0.2, -0.15) is 0 Å². The number of piperazine rings is 1. The summed E-state index contributed by atoms with van der Waals surface area (Å²) >= 11 is 0. The quantitative estimate of drug-likeness (QED) is 0.845. The van der Waals surface area contributed by atoms with Crippen LogP contribution in [0.4, 0.5) is 0 Å². The molecule has 2 rings (SSSR count). The Labute approximate surface area is 125 Å². The van der Waals surface area contributed by atoms with Crippen LogP contribution in [0.5, 0.6) is 5.75 Å². The summed E-state index contributed by atoms with van der Waals surface area (Å²) in [6.45, 7) is 7.92. The predicted molar refractivity (Wildman–Crippen MR) is 80.2 cm³/mol. The summed E-state index contributed by atoms with van der Waals surface area (Å²) in [4.78, 5) is 26.9. The van der Waals surface area contributed by atoms with E-state index in [2.05, 4.69) is 0 Å². The van der Waals surface area contributed by atoms with Gasteiger partial charge >= 0.3 is 0 Å². The fourth-order valence-corrected chi connectivity index (χ4v) is 2.36. The molecule has 5 heteroatoms. The van der Waals surface area contributed by atoms with Gasteiger partial charge < -0.3 is 14.5 Å². The van der Waals surface area contributed by atoms with E-state index in [4.69, 9.17) is 4.74 Å². The normalized spacial score (nSPS) is 15.0. The lowest BCUT2D eigenvalue weighted by molar-refractivity contribution is -0.139. The van der Waals surface area contributed by atoms with Crippen LogP contribution in [0, 0.1) is 13.8 Å². The number of rotatable bonds is 3. The molecule has 0 atom stereocenters. The van der Waals surface area contributed by atoms with E-state index in [1.807, 2.05) is 32.0 Å². The lowest BCUT2D eigenvalue weighted by atomic mass is 10.1. The molecule has 0 spiro atoms. The van der Waals surface area contributed by atoms with Crippen LogP contribution in [0.3, 0.4) is 0 Å². The summed E-state index contributed by atoms with van der Waals surface area (Å²) in [6, 6.07) is 5.95. The molecule has 114 valence electrons. The number of hydrogen-bond acceptors (Lipinski definition) is 3. The largest absolute Gasteiger partial charge is 0.483 e. The fourth-order valence-electron chi connectivity index (χ4n) is 2.36. The van der Waals surface area contributed by atoms with E-state index in [1.54, 1.807) is 16.7 Å². The van der Waals surface area contributed by atoms with E-state index in [0.717, 1.165) is 16.9 Å². The minimum Gasteiger partial charge on any atom is -0.483 e. The Morgan fingerprint density at radius 1 is 1.10 bits per heavy atom. The highest BCUT2D eigenvalue weighted by Crippen LogP contribution is 2.19. The first-order chi connectivity index (χ1) is 9.97. The lowest BCUT2D eigenvalue weighted by Gasteiger charge is -2.34. The number of nitrogens with zero attached hydrogens (tertiary/aromatic N) is 2. The summed E-state index contributed by atoms with van der Waals surface area (Å²) in [5, 5.41) is 0. The van der Waals surface area contributed by atoms with Crippen molar-refractivity contribution in [2.75, 3.05) is 32.8 Å². The van der Waals surface area contributed by atoms with Gasteiger partial charge in [0, 0.05) is 33.1 Å². The van der Waals surface area contributed by atoms with Crippen molar-refractivity contribution in [2.24, 2.45) is 0 Å². The molecule has 5 nitrogen and oxygen atoms in total. The van der Waals surface area contributed by atoms with Gasteiger partial charge in [-0.15, -0.1) is 0 Å². The van der Waals surface area contributed by atoms with E-state index in [0.29, 0.717) is 26.2 Å². The third kappa shape index (κ3) is 3.97. The maximum absolute atomic E-state index is 12.1. The maximum atomic E-state index is 12.1. The molecule has 1 aliphatic rings. The van der Waals surface area contributed by atoms with E-state index in [9.17, 15) is 9.59 Å². The molecule has 2 amide bonds. The van der Waals surface area contributed by atoms with Gasteiger partial charge in [0.25, 0.3) is 5.91 Å². The Kier molecular flexibility index (Phi) is 4.83. The second-order valence-electron chi connectivity index (χ2n) is 5.44. The van der Waals surface area contributed by atoms with E-state index in [1.165, 1.54) is 0 Å². The third-order valence-electron chi connectivity index (χ3n) is 3.77. The number of ether oxygens (including phenoxy) is 1. The molecule has 21 heavy (non-hydrogen) atoms. The van der Waals surface area contributed by atoms with Gasteiger partial charge in [0.1, 0.15) is 5.75 Å². The number of carbonyl (C=O) groups excluding carboxylic acids is 2. The van der Waals surface area contributed by atoms with Crippen LogP contribution in [0.2, 0.25) is 0 Å². The topological polar surface area (TPSA) is 49.9 Å². The van der Waals surface area contributed by atoms with E-state index < -0.39 is 0 Å². The Balaban J connectivity index is 1.85. The highest BCUT2D eigenvalue weighted by Gasteiger charge is 2.22. The van der Waals surface area contributed by atoms with Crippen molar-refractivity contribution in [3.63, 3.8) is 0 Å².